The van der Waals surface area contributed by atoms with Gasteiger partial charge in [0.2, 0.25) is 0 Å². The summed E-state index contributed by atoms with van der Waals surface area (Å²) in [7, 11) is 0. The Kier molecular flexibility index (Phi) is 2.89. The predicted octanol–water partition coefficient (Wildman–Crippen LogP) is 3.51. The Labute approximate surface area is 108 Å². The van der Waals surface area contributed by atoms with Gasteiger partial charge in [-0.25, -0.2) is 0 Å². The molecule has 1 N–H and O–H groups in total. The second kappa shape index (κ2) is 4.42. The van der Waals surface area contributed by atoms with Crippen molar-refractivity contribution in [3.8, 4) is 0 Å². The molecule has 96 valence electrons. The van der Waals surface area contributed by atoms with Crippen LogP contribution in [0, 0.1) is 17.3 Å². The van der Waals surface area contributed by atoms with Gasteiger partial charge in [-0.3, -0.25) is 4.79 Å². The molecule has 0 spiro atoms. The molecule has 0 aromatic heterocycles. The fourth-order valence-corrected chi connectivity index (χ4v) is 4.07. The van der Waals surface area contributed by atoms with Crippen molar-refractivity contribution in [2.24, 2.45) is 17.3 Å². The number of hydrogen-bond donors (Lipinski definition) is 1. The highest BCUT2D eigenvalue weighted by atomic mass is 16.4. The molecule has 18 heavy (non-hydrogen) atoms. The van der Waals surface area contributed by atoms with E-state index in [-0.39, 0.29) is 5.41 Å². The van der Waals surface area contributed by atoms with E-state index in [0.29, 0.717) is 6.42 Å². The van der Waals surface area contributed by atoms with Crippen LogP contribution in [-0.2, 0) is 11.2 Å². The van der Waals surface area contributed by atoms with Crippen LogP contribution in [0.2, 0.25) is 0 Å². The van der Waals surface area contributed by atoms with Gasteiger partial charge in [0, 0.05) is 0 Å². The van der Waals surface area contributed by atoms with Crippen molar-refractivity contribution < 1.29 is 9.90 Å². The van der Waals surface area contributed by atoms with Crippen LogP contribution in [0.5, 0.6) is 0 Å². The molecule has 1 aromatic rings. The summed E-state index contributed by atoms with van der Waals surface area (Å²) in [5, 5.41) is 9.21. The molecule has 0 unspecified atom stereocenters. The molecule has 0 bridgehead atoms. The normalized spacial score (nSPS) is 33.8. The second-order valence-electron chi connectivity index (χ2n) is 6.24. The maximum absolute atomic E-state index is 11.2. The highest BCUT2D eigenvalue weighted by Crippen LogP contribution is 2.57. The first-order valence-corrected chi connectivity index (χ1v) is 6.93. The standard InChI is InChI=1S/C16H20O2/c17-15(18)11-16(8-12-4-2-1-3-5-12)9-13-6-7-14(13)10-16/h1-5,13-14H,6-11H2,(H,17,18)/t13-,14+,16+. The van der Waals surface area contributed by atoms with E-state index in [0.717, 1.165) is 31.1 Å². The number of aliphatic carboxylic acids is 1. The van der Waals surface area contributed by atoms with Gasteiger partial charge in [-0.2, -0.15) is 0 Å². The SMILES string of the molecule is O=C(O)C[C@@]1(Cc2ccccc2)C[C@H]2CC[C@H]2C1. The lowest BCUT2D eigenvalue weighted by atomic mass is 9.76. The van der Waals surface area contributed by atoms with Gasteiger partial charge in [-0.1, -0.05) is 30.3 Å². The van der Waals surface area contributed by atoms with Crippen molar-refractivity contribution in [3.05, 3.63) is 35.9 Å². The summed E-state index contributed by atoms with van der Waals surface area (Å²) in [4.78, 5) is 11.2. The molecular weight excluding hydrogens is 224 g/mol. The van der Waals surface area contributed by atoms with Crippen molar-refractivity contribution in [2.45, 2.75) is 38.5 Å². The lowest BCUT2D eigenvalue weighted by Crippen LogP contribution is -2.24. The third-order valence-electron chi connectivity index (χ3n) is 4.91. The van der Waals surface area contributed by atoms with E-state index in [1.165, 1.54) is 18.4 Å². The van der Waals surface area contributed by atoms with Crippen LogP contribution < -0.4 is 0 Å². The van der Waals surface area contributed by atoms with Crippen LogP contribution >= 0.6 is 0 Å². The fraction of sp³-hybridized carbons (Fsp3) is 0.562. The molecule has 2 aliphatic rings. The quantitative estimate of drug-likeness (QED) is 0.880. The van der Waals surface area contributed by atoms with E-state index >= 15 is 0 Å². The van der Waals surface area contributed by atoms with Gasteiger partial charge in [0.15, 0.2) is 0 Å². The van der Waals surface area contributed by atoms with Gasteiger partial charge < -0.3 is 5.11 Å². The summed E-state index contributed by atoms with van der Waals surface area (Å²) in [6, 6.07) is 10.4. The average molecular weight is 244 g/mol. The number of hydrogen-bond acceptors (Lipinski definition) is 1. The maximum atomic E-state index is 11.2. The molecule has 3 atom stereocenters. The van der Waals surface area contributed by atoms with Gasteiger partial charge >= 0.3 is 5.97 Å². The number of carboxylic acids is 1. The predicted molar refractivity (Wildman–Crippen MR) is 70.3 cm³/mol. The molecule has 0 aliphatic heterocycles. The Hall–Kier alpha value is -1.31. The van der Waals surface area contributed by atoms with Crippen molar-refractivity contribution in [2.75, 3.05) is 0 Å². The lowest BCUT2D eigenvalue weighted by molar-refractivity contribution is -0.139. The zero-order chi connectivity index (χ0) is 12.6. The first-order valence-electron chi connectivity index (χ1n) is 6.93. The number of benzene rings is 1. The average Bonchev–Trinajstić information content (AvgIpc) is 2.54. The Morgan fingerprint density at radius 2 is 1.78 bits per heavy atom. The van der Waals surface area contributed by atoms with E-state index in [9.17, 15) is 9.90 Å². The Bertz CT molecular complexity index is 426. The minimum atomic E-state index is -0.632. The smallest absolute Gasteiger partial charge is 0.303 e. The summed E-state index contributed by atoms with van der Waals surface area (Å²) >= 11 is 0. The first-order chi connectivity index (χ1) is 8.67. The summed E-state index contributed by atoms with van der Waals surface area (Å²) in [5.41, 5.74) is 1.32. The van der Waals surface area contributed by atoms with Gasteiger partial charge in [-0.05, 0) is 54.9 Å². The first kappa shape index (κ1) is 11.8. The molecule has 2 heteroatoms. The molecule has 2 fully saturated rings. The Morgan fingerprint density at radius 1 is 1.17 bits per heavy atom. The molecular formula is C16H20O2. The Morgan fingerprint density at radius 3 is 2.28 bits per heavy atom. The van der Waals surface area contributed by atoms with Crippen LogP contribution in [0.3, 0.4) is 0 Å². The highest BCUT2D eigenvalue weighted by molar-refractivity contribution is 5.68. The molecule has 1 aromatic carbocycles. The Balaban J connectivity index is 1.80. The largest absolute Gasteiger partial charge is 0.481 e. The second-order valence-corrected chi connectivity index (χ2v) is 6.24. The van der Waals surface area contributed by atoms with Crippen molar-refractivity contribution in [3.63, 3.8) is 0 Å². The van der Waals surface area contributed by atoms with Crippen LogP contribution in [-0.4, -0.2) is 11.1 Å². The molecule has 0 saturated heterocycles. The maximum Gasteiger partial charge on any atom is 0.303 e. The van der Waals surface area contributed by atoms with E-state index in [1.54, 1.807) is 0 Å². The minimum absolute atomic E-state index is 0.0268. The van der Waals surface area contributed by atoms with Gasteiger partial charge in [-0.15, -0.1) is 0 Å². The zero-order valence-electron chi connectivity index (χ0n) is 10.6. The summed E-state index contributed by atoms with van der Waals surface area (Å²) in [5.74, 6) is 0.994. The number of carbonyl (C=O) groups is 1. The van der Waals surface area contributed by atoms with E-state index < -0.39 is 5.97 Å². The van der Waals surface area contributed by atoms with Crippen molar-refractivity contribution in [1.29, 1.82) is 0 Å². The van der Waals surface area contributed by atoms with E-state index in [4.69, 9.17) is 0 Å². The monoisotopic (exact) mass is 244 g/mol. The zero-order valence-corrected chi connectivity index (χ0v) is 10.6. The third-order valence-corrected chi connectivity index (χ3v) is 4.91. The third kappa shape index (κ3) is 2.16. The number of rotatable bonds is 4. The highest BCUT2D eigenvalue weighted by Gasteiger charge is 2.49. The molecule has 0 heterocycles. The topological polar surface area (TPSA) is 37.3 Å². The molecule has 0 radical (unpaired) electrons. The van der Waals surface area contributed by atoms with Crippen molar-refractivity contribution in [1.82, 2.24) is 0 Å². The number of carboxylic acid groups (broad SMARTS) is 1. The minimum Gasteiger partial charge on any atom is -0.481 e. The van der Waals surface area contributed by atoms with Gasteiger partial charge in [0.25, 0.3) is 0 Å². The van der Waals surface area contributed by atoms with E-state index in [1.807, 2.05) is 18.2 Å². The summed E-state index contributed by atoms with van der Waals surface area (Å²) < 4.78 is 0. The van der Waals surface area contributed by atoms with Crippen LogP contribution in [0.15, 0.2) is 30.3 Å². The van der Waals surface area contributed by atoms with E-state index in [2.05, 4.69) is 12.1 Å². The molecule has 3 rings (SSSR count). The molecule has 2 aliphatic carbocycles. The molecule has 2 saturated carbocycles. The van der Waals surface area contributed by atoms with Crippen LogP contribution in [0.25, 0.3) is 0 Å². The summed E-state index contributed by atoms with van der Waals surface area (Å²) in [6.45, 7) is 0. The van der Waals surface area contributed by atoms with Crippen molar-refractivity contribution >= 4 is 5.97 Å². The molecule has 2 nitrogen and oxygen atoms in total. The van der Waals surface area contributed by atoms with Gasteiger partial charge in [0.1, 0.15) is 0 Å². The van der Waals surface area contributed by atoms with Gasteiger partial charge in [0.05, 0.1) is 6.42 Å². The fourth-order valence-electron chi connectivity index (χ4n) is 4.07. The molecule has 0 amide bonds. The van der Waals surface area contributed by atoms with Crippen LogP contribution in [0.1, 0.15) is 37.7 Å². The number of fused-ring (bicyclic) bond motifs is 1. The lowest BCUT2D eigenvalue weighted by Gasteiger charge is -2.29. The summed E-state index contributed by atoms with van der Waals surface area (Å²) in [6.07, 6.45) is 6.17. The van der Waals surface area contributed by atoms with Crippen LogP contribution in [0.4, 0.5) is 0 Å².